The first-order valence-electron chi connectivity index (χ1n) is 9.88. The number of amides is 1. The van der Waals surface area contributed by atoms with E-state index in [1.807, 2.05) is 31.2 Å². The number of nitrogens with one attached hydrogen (secondary N) is 1. The third-order valence-electron chi connectivity index (χ3n) is 5.27. The molecule has 0 bridgehead atoms. The van der Waals surface area contributed by atoms with Crippen molar-refractivity contribution >= 4 is 15.9 Å². The number of aryl methyl sites for hydroxylation is 1. The van der Waals surface area contributed by atoms with E-state index in [9.17, 15) is 13.2 Å². The van der Waals surface area contributed by atoms with Gasteiger partial charge in [0.25, 0.3) is 0 Å². The number of carbonyl (C=O) groups is 1. The second kappa shape index (κ2) is 9.41. The highest BCUT2D eigenvalue weighted by Gasteiger charge is 2.34. The topological polar surface area (TPSA) is 75.7 Å². The Labute approximate surface area is 172 Å². The number of methoxy groups -OCH3 is 1. The number of carbonyl (C=O) groups excluding carboxylic acids is 1. The molecule has 6 nitrogen and oxygen atoms in total. The molecule has 7 heteroatoms. The van der Waals surface area contributed by atoms with Gasteiger partial charge in [0.05, 0.1) is 12.0 Å². The van der Waals surface area contributed by atoms with E-state index in [1.54, 1.807) is 31.4 Å². The van der Waals surface area contributed by atoms with Gasteiger partial charge in [0.1, 0.15) is 5.75 Å². The first-order valence-corrected chi connectivity index (χ1v) is 11.3. The molecular formula is C22H28N2O4S. The van der Waals surface area contributed by atoms with Crippen LogP contribution >= 0.6 is 0 Å². The average Bonchev–Trinajstić information content (AvgIpc) is 2.73. The highest BCUT2D eigenvalue weighted by Crippen LogP contribution is 2.27. The van der Waals surface area contributed by atoms with E-state index in [0.717, 1.165) is 29.7 Å². The van der Waals surface area contributed by atoms with Gasteiger partial charge in [-0.3, -0.25) is 4.79 Å². The molecule has 2 aromatic carbocycles. The summed E-state index contributed by atoms with van der Waals surface area (Å²) in [6.07, 6.45) is 2.60. The quantitative estimate of drug-likeness (QED) is 0.752. The predicted molar refractivity (Wildman–Crippen MR) is 112 cm³/mol. The van der Waals surface area contributed by atoms with Gasteiger partial charge in [0, 0.05) is 25.6 Å². The molecule has 1 heterocycles. The fourth-order valence-corrected chi connectivity index (χ4v) is 5.26. The zero-order valence-electron chi connectivity index (χ0n) is 16.9. The van der Waals surface area contributed by atoms with Gasteiger partial charge in [0.2, 0.25) is 15.9 Å². The molecule has 1 saturated heterocycles. The lowest BCUT2D eigenvalue weighted by molar-refractivity contribution is -0.122. The van der Waals surface area contributed by atoms with E-state index in [-0.39, 0.29) is 23.3 Å². The Hall–Kier alpha value is -2.38. The minimum absolute atomic E-state index is 0.142. The van der Waals surface area contributed by atoms with Gasteiger partial charge >= 0.3 is 0 Å². The van der Waals surface area contributed by atoms with Crippen LogP contribution in [-0.4, -0.2) is 38.3 Å². The molecule has 1 amide bonds. The number of nitrogens with zero attached hydrogens (tertiary/aromatic N) is 1. The summed E-state index contributed by atoms with van der Waals surface area (Å²) in [4.78, 5) is 12.8. The van der Waals surface area contributed by atoms with Gasteiger partial charge in [-0.15, -0.1) is 0 Å². The van der Waals surface area contributed by atoms with Crippen molar-refractivity contribution in [3.63, 3.8) is 0 Å². The van der Waals surface area contributed by atoms with E-state index in [0.29, 0.717) is 19.5 Å². The Morgan fingerprint density at radius 2 is 1.79 bits per heavy atom. The van der Waals surface area contributed by atoms with Gasteiger partial charge < -0.3 is 10.1 Å². The fourth-order valence-electron chi connectivity index (χ4n) is 3.57. The van der Waals surface area contributed by atoms with Crippen LogP contribution in [0.1, 0.15) is 36.8 Å². The summed E-state index contributed by atoms with van der Waals surface area (Å²) < 4.78 is 32.9. The van der Waals surface area contributed by atoms with Gasteiger partial charge in [0.15, 0.2) is 0 Å². The summed E-state index contributed by atoms with van der Waals surface area (Å²) in [6.45, 7) is 2.78. The van der Waals surface area contributed by atoms with Crippen molar-refractivity contribution in [2.45, 2.75) is 50.1 Å². The lowest BCUT2D eigenvalue weighted by atomic mass is 10.0. The van der Waals surface area contributed by atoms with Gasteiger partial charge in [-0.05, 0) is 49.6 Å². The standard InChI is InChI=1S/C22H28N2O4S/c1-17-6-12-21(13-7-17)29(26,27)24-14-4-3-5-19(24)15-22(25)23-16-18-8-10-20(28-2)11-9-18/h6-13,19H,3-5,14-16H2,1-2H3,(H,23,25)/t19-/m1/s1. The maximum absolute atomic E-state index is 13.1. The summed E-state index contributed by atoms with van der Waals surface area (Å²) in [6, 6.07) is 14.0. The molecule has 156 valence electrons. The Kier molecular flexibility index (Phi) is 6.92. The number of hydrogen-bond donors (Lipinski definition) is 1. The Morgan fingerprint density at radius 1 is 1.10 bits per heavy atom. The van der Waals surface area contributed by atoms with E-state index in [1.165, 1.54) is 4.31 Å². The Bertz CT molecular complexity index is 924. The number of hydrogen-bond acceptors (Lipinski definition) is 4. The number of benzene rings is 2. The molecule has 0 aromatic heterocycles. The molecular weight excluding hydrogens is 388 g/mol. The monoisotopic (exact) mass is 416 g/mol. The van der Waals surface area contributed by atoms with Crippen molar-refractivity contribution in [3.8, 4) is 5.75 Å². The molecule has 1 atom stereocenters. The summed E-state index contributed by atoms with van der Waals surface area (Å²) in [7, 11) is -2.00. The molecule has 1 fully saturated rings. The molecule has 0 spiro atoms. The highest BCUT2D eigenvalue weighted by molar-refractivity contribution is 7.89. The van der Waals surface area contributed by atoms with Crippen LogP contribution in [0.3, 0.4) is 0 Å². The molecule has 0 unspecified atom stereocenters. The van der Waals surface area contributed by atoms with E-state index < -0.39 is 10.0 Å². The third kappa shape index (κ3) is 5.36. The lowest BCUT2D eigenvalue weighted by Gasteiger charge is -2.34. The molecule has 1 aliphatic rings. The first kappa shape index (κ1) is 21.3. The molecule has 1 aliphatic heterocycles. The lowest BCUT2D eigenvalue weighted by Crippen LogP contribution is -2.45. The zero-order valence-corrected chi connectivity index (χ0v) is 17.7. The van der Waals surface area contributed by atoms with Crippen LogP contribution in [0, 0.1) is 6.92 Å². The number of ether oxygens (including phenoxy) is 1. The second-order valence-corrected chi connectivity index (χ2v) is 9.30. The van der Waals surface area contributed by atoms with Gasteiger partial charge in [-0.25, -0.2) is 8.42 Å². The minimum atomic E-state index is -3.61. The first-order chi connectivity index (χ1) is 13.9. The van der Waals surface area contributed by atoms with Crippen molar-refractivity contribution in [2.75, 3.05) is 13.7 Å². The zero-order chi connectivity index (χ0) is 20.9. The van der Waals surface area contributed by atoms with Crippen LogP contribution in [-0.2, 0) is 21.4 Å². The molecule has 0 saturated carbocycles. The normalized spacial score (nSPS) is 17.7. The molecule has 1 N–H and O–H groups in total. The SMILES string of the molecule is COc1ccc(CNC(=O)C[C@H]2CCCCN2S(=O)(=O)c2ccc(C)cc2)cc1. The fraction of sp³-hybridized carbons (Fsp3) is 0.409. The van der Waals surface area contributed by atoms with Crippen LogP contribution < -0.4 is 10.1 Å². The van der Waals surface area contributed by atoms with E-state index >= 15 is 0 Å². The number of rotatable bonds is 7. The van der Waals surface area contributed by atoms with E-state index in [2.05, 4.69) is 5.32 Å². The Balaban J connectivity index is 1.64. The van der Waals surface area contributed by atoms with Crippen LogP contribution in [0.25, 0.3) is 0 Å². The molecule has 2 aromatic rings. The molecule has 0 aliphatic carbocycles. The smallest absolute Gasteiger partial charge is 0.243 e. The van der Waals surface area contributed by atoms with Crippen LogP contribution in [0.2, 0.25) is 0 Å². The summed E-state index contributed by atoms with van der Waals surface area (Å²) >= 11 is 0. The maximum Gasteiger partial charge on any atom is 0.243 e. The Morgan fingerprint density at radius 3 is 2.45 bits per heavy atom. The largest absolute Gasteiger partial charge is 0.497 e. The van der Waals surface area contributed by atoms with Crippen LogP contribution in [0.15, 0.2) is 53.4 Å². The third-order valence-corrected chi connectivity index (χ3v) is 7.24. The summed E-state index contributed by atoms with van der Waals surface area (Å²) in [5.41, 5.74) is 1.98. The van der Waals surface area contributed by atoms with Gasteiger partial charge in [-0.1, -0.05) is 36.2 Å². The molecule has 3 rings (SSSR count). The van der Waals surface area contributed by atoms with Crippen molar-refractivity contribution in [1.82, 2.24) is 9.62 Å². The molecule has 0 radical (unpaired) electrons. The highest BCUT2D eigenvalue weighted by atomic mass is 32.2. The van der Waals surface area contributed by atoms with Crippen molar-refractivity contribution < 1.29 is 17.9 Å². The minimum Gasteiger partial charge on any atom is -0.497 e. The van der Waals surface area contributed by atoms with Crippen LogP contribution in [0.5, 0.6) is 5.75 Å². The summed E-state index contributed by atoms with van der Waals surface area (Å²) in [5, 5.41) is 2.90. The van der Waals surface area contributed by atoms with Crippen molar-refractivity contribution in [3.05, 3.63) is 59.7 Å². The predicted octanol–water partition coefficient (Wildman–Crippen LogP) is 3.25. The maximum atomic E-state index is 13.1. The van der Waals surface area contributed by atoms with Crippen molar-refractivity contribution in [2.24, 2.45) is 0 Å². The van der Waals surface area contributed by atoms with Crippen molar-refractivity contribution in [1.29, 1.82) is 0 Å². The number of sulfonamides is 1. The van der Waals surface area contributed by atoms with E-state index in [4.69, 9.17) is 4.74 Å². The number of piperidine rings is 1. The summed E-state index contributed by atoms with van der Waals surface area (Å²) in [5.74, 6) is 0.621. The second-order valence-electron chi connectivity index (χ2n) is 7.41. The van der Waals surface area contributed by atoms with Crippen LogP contribution in [0.4, 0.5) is 0 Å². The van der Waals surface area contributed by atoms with Gasteiger partial charge in [-0.2, -0.15) is 4.31 Å². The average molecular weight is 417 g/mol. The molecule has 29 heavy (non-hydrogen) atoms.